The Labute approximate surface area is 259 Å². The molecule has 0 aromatic heterocycles. The number of nitrogens with two attached hydrogens (primary N) is 1. The van der Waals surface area contributed by atoms with Crippen molar-refractivity contribution in [2.75, 3.05) is 6.61 Å². The van der Waals surface area contributed by atoms with Gasteiger partial charge >= 0.3 is 12.1 Å². The number of ketones is 1. The summed E-state index contributed by atoms with van der Waals surface area (Å²) < 4.78 is 10.4. The number of amides is 3. The van der Waals surface area contributed by atoms with Gasteiger partial charge in [0.15, 0.2) is 11.3 Å². The maximum Gasteiger partial charge on any atom is 0.408 e. The van der Waals surface area contributed by atoms with Gasteiger partial charge in [0.25, 0.3) is 0 Å². The topological polar surface area (TPSA) is 157 Å². The number of nitrogens with zero attached hydrogens (tertiary/aromatic N) is 1. The fourth-order valence-electron chi connectivity index (χ4n) is 4.76. The molecule has 0 saturated heterocycles. The highest BCUT2D eigenvalue weighted by atomic mass is 16.5. The lowest BCUT2D eigenvalue weighted by molar-refractivity contribution is -0.163. The van der Waals surface area contributed by atoms with Crippen molar-refractivity contribution >= 4 is 29.7 Å². The van der Waals surface area contributed by atoms with Crippen LogP contribution in [0.25, 0.3) is 0 Å². The van der Waals surface area contributed by atoms with Crippen LogP contribution in [0.3, 0.4) is 0 Å². The molecule has 0 unspecified atom stereocenters. The number of hydrazine groups is 1. The van der Waals surface area contributed by atoms with Gasteiger partial charge in [-0.1, -0.05) is 80.9 Å². The molecule has 2 aromatic rings. The van der Waals surface area contributed by atoms with E-state index in [0.29, 0.717) is 6.42 Å². The van der Waals surface area contributed by atoms with Gasteiger partial charge in [-0.05, 0) is 50.2 Å². The Morgan fingerprint density at radius 1 is 0.795 bits per heavy atom. The van der Waals surface area contributed by atoms with Gasteiger partial charge in [0.05, 0.1) is 6.04 Å². The Morgan fingerprint density at radius 2 is 1.39 bits per heavy atom. The Kier molecular flexibility index (Phi) is 14.5. The van der Waals surface area contributed by atoms with Crippen LogP contribution in [0.4, 0.5) is 4.79 Å². The molecule has 0 bridgehead atoms. The normalized spacial score (nSPS) is 13.6. The summed E-state index contributed by atoms with van der Waals surface area (Å²) in [6, 6.07) is 16.9. The van der Waals surface area contributed by atoms with Gasteiger partial charge in [0, 0.05) is 13.3 Å². The molecule has 11 nitrogen and oxygen atoms in total. The predicted octanol–water partition coefficient (Wildman–Crippen LogP) is 3.84. The lowest BCUT2D eigenvalue weighted by Crippen LogP contribution is -2.69. The lowest BCUT2D eigenvalue weighted by Gasteiger charge is -2.43. The molecule has 11 heteroatoms. The number of hydrogen-bond donors (Lipinski definition) is 3. The number of unbranched alkanes of at least 4 members (excludes halogenated alkanes) is 2. The van der Waals surface area contributed by atoms with Crippen molar-refractivity contribution in [3.63, 3.8) is 0 Å². The minimum absolute atomic E-state index is 0.0242. The molecule has 4 N–H and O–H groups in total. The molecule has 0 aliphatic carbocycles. The van der Waals surface area contributed by atoms with E-state index >= 15 is 0 Å². The van der Waals surface area contributed by atoms with Crippen LogP contribution < -0.4 is 16.5 Å². The van der Waals surface area contributed by atoms with E-state index in [0.717, 1.165) is 29.8 Å². The van der Waals surface area contributed by atoms with Crippen LogP contribution in [0.1, 0.15) is 71.4 Å². The van der Waals surface area contributed by atoms with E-state index in [1.807, 2.05) is 36.4 Å². The van der Waals surface area contributed by atoms with Crippen LogP contribution >= 0.6 is 0 Å². The van der Waals surface area contributed by atoms with Crippen LogP contribution in [0.2, 0.25) is 0 Å². The van der Waals surface area contributed by atoms with Gasteiger partial charge in [-0.2, -0.15) is 0 Å². The first-order valence-corrected chi connectivity index (χ1v) is 14.9. The van der Waals surface area contributed by atoms with Gasteiger partial charge in [0.1, 0.15) is 19.3 Å². The zero-order valence-electron chi connectivity index (χ0n) is 26.3. The smallest absolute Gasteiger partial charge is 0.408 e. The molecule has 0 heterocycles. The molecular formula is C33H46N4O7. The number of benzene rings is 2. The summed E-state index contributed by atoms with van der Waals surface area (Å²) >= 11 is 0. The molecule has 44 heavy (non-hydrogen) atoms. The number of aryl methyl sites for hydroxylation is 1. The van der Waals surface area contributed by atoms with Crippen molar-refractivity contribution in [2.45, 2.75) is 91.0 Å². The lowest BCUT2D eigenvalue weighted by atomic mass is 9.79. The fourth-order valence-corrected chi connectivity index (χ4v) is 4.76. The molecule has 0 fully saturated rings. The standard InChI is InChI=1S/C33H46N4O7/c1-23(2)33(22-44-26(5)38,37(34)29(39)20-14-8-11-17-27-15-9-6-10-16-27)30(40)24(3)35-31(41)25(4)36-32(42)43-21-28-18-12-7-13-19-28/h6-7,9-10,12-13,15-16,18-19,23-25H,8,11,14,17,20-22,34H2,1-5H3,(H,35,41)(H,36,42)/t24-,25-,33+/m0/s1. The third-order valence-corrected chi connectivity index (χ3v) is 7.47. The molecule has 240 valence electrons. The highest BCUT2D eigenvalue weighted by molar-refractivity contribution is 5.99. The van der Waals surface area contributed by atoms with Gasteiger partial charge < -0.3 is 20.1 Å². The third kappa shape index (κ3) is 10.8. The minimum Gasteiger partial charge on any atom is -0.463 e. The quantitative estimate of drug-likeness (QED) is 0.0802. The number of alkyl carbamates (subject to hydrolysis) is 1. The van der Waals surface area contributed by atoms with E-state index in [4.69, 9.17) is 15.3 Å². The molecule has 3 atom stereocenters. The second-order valence-corrected chi connectivity index (χ2v) is 11.2. The molecule has 0 saturated carbocycles. The Bertz CT molecular complexity index is 1240. The van der Waals surface area contributed by atoms with Gasteiger partial charge in [-0.3, -0.25) is 24.2 Å². The number of hydrogen-bond acceptors (Lipinski definition) is 8. The average Bonchev–Trinajstić information content (AvgIpc) is 3.00. The first kappa shape index (κ1) is 35.9. The van der Waals surface area contributed by atoms with Crippen molar-refractivity contribution in [1.82, 2.24) is 15.6 Å². The number of rotatable bonds is 17. The predicted molar refractivity (Wildman–Crippen MR) is 166 cm³/mol. The molecule has 3 amide bonds. The van der Waals surface area contributed by atoms with Crippen molar-refractivity contribution in [1.29, 1.82) is 0 Å². The van der Waals surface area contributed by atoms with Crippen molar-refractivity contribution in [3.05, 3.63) is 71.8 Å². The number of carbonyl (C=O) groups is 5. The Hall–Kier alpha value is -4.25. The van der Waals surface area contributed by atoms with E-state index in [1.165, 1.54) is 26.3 Å². The Morgan fingerprint density at radius 3 is 1.95 bits per heavy atom. The van der Waals surface area contributed by atoms with E-state index in [-0.39, 0.29) is 13.0 Å². The van der Waals surface area contributed by atoms with Gasteiger partial charge in [0.2, 0.25) is 11.8 Å². The highest BCUT2D eigenvalue weighted by Crippen LogP contribution is 2.28. The number of carbonyl (C=O) groups excluding carboxylic acids is 5. The van der Waals surface area contributed by atoms with Crippen LogP contribution in [0.5, 0.6) is 0 Å². The van der Waals surface area contributed by atoms with Gasteiger partial charge in [-0.25, -0.2) is 10.6 Å². The summed E-state index contributed by atoms with van der Waals surface area (Å²) in [6.45, 7) is 7.02. The van der Waals surface area contributed by atoms with E-state index in [2.05, 4.69) is 22.8 Å². The zero-order valence-corrected chi connectivity index (χ0v) is 26.3. The first-order valence-electron chi connectivity index (χ1n) is 14.9. The SMILES string of the molecule is CC(=O)OC[C@](C(=O)[C@H](C)NC(=O)[C@H](C)NC(=O)OCc1ccccc1)(C(C)C)N(N)C(=O)CCCCCc1ccccc1. The number of Topliss-reactive ketones (excluding diaryl/α,β-unsaturated/α-hetero) is 1. The van der Waals surface area contributed by atoms with Crippen LogP contribution in [-0.4, -0.2) is 58.9 Å². The molecule has 0 aliphatic heterocycles. The van der Waals surface area contributed by atoms with E-state index in [1.54, 1.807) is 26.0 Å². The maximum atomic E-state index is 13.9. The third-order valence-electron chi connectivity index (χ3n) is 7.47. The highest BCUT2D eigenvalue weighted by Gasteiger charge is 2.51. The molecule has 0 radical (unpaired) electrons. The van der Waals surface area contributed by atoms with Crippen molar-refractivity contribution in [2.24, 2.45) is 11.8 Å². The second kappa shape index (κ2) is 17.8. The monoisotopic (exact) mass is 610 g/mol. The maximum absolute atomic E-state index is 13.9. The van der Waals surface area contributed by atoms with Crippen LogP contribution in [0.15, 0.2) is 60.7 Å². The number of nitrogens with one attached hydrogen (secondary N) is 2. The summed E-state index contributed by atoms with van der Waals surface area (Å²) in [4.78, 5) is 64.1. The summed E-state index contributed by atoms with van der Waals surface area (Å²) in [5.74, 6) is 3.39. The van der Waals surface area contributed by atoms with Crippen LogP contribution in [-0.2, 0) is 41.7 Å². The first-order chi connectivity index (χ1) is 20.9. The summed E-state index contributed by atoms with van der Waals surface area (Å²) in [5.41, 5.74) is 0.254. The zero-order chi connectivity index (χ0) is 32.7. The molecule has 0 spiro atoms. The minimum atomic E-state index is -1.75. The second-order valence-electron chi connectivity index (χ2n) is 11.2. The molecular weight excluding hydrogens is 564 g/mol. The van der Waals surface area contributed by atoms with E-state index < -0.39 is 59.8 Å². The molecule has 2 rings (SSSR count). The van der Waals surface area contributed by atoms with Crippen molar-refractivity contribution in [3.8, 4) is 0 Å². The average molecular weight is 611 g/mol. The summed E-state index contributed by atoms with van der Waals surface area (Å²) in [5, 5.41) is 5.89. The Balaban J connectivity index is 2.04. The molecule has 2 aromatic carbocycles. The fraction of sp³-hybridized carbons (Fsp3) is 0.485. The van der Waals surface area contributed by atoms with E-state index in [9.17, 15) is 24.0 Å². The van der Waals surface area contributed by atoms with Gasteiger partial charge in [-0.15, -0.1) is 0 Å². The van der Waals surface area contributed by atoms with Crippen molar-refractivity contribution < 1.29 is 33.4 Å². The molecule has 0 aliphatic rings. The number of esters is 1. The summed E-state index contributed by atoms with van der Waals surface area (Å²) in [7, 11) is 0. The largest absolute Gasteiger partial charge is 0.463 e. The summed E-state index contributed by atoms with van der Waals surface area (Å²) in [6.07, 6.45) is 2.41. The van der Waals surface area contributed by atoms with Crippen LogP contribution in [0, 0.1) is 5.92 Å². The number of ether oxygens (including phenoxy) is 2.